The summed E-state index contributed by atoms with van der Waals surface area (Å²) < 4.78 is 61.6. The van der Waals surface area contributed by atoms with Crippen LogP contribution in [0, 0.1) is 6.92 Å². The molecule has 1 aromatic heterocycles. The molecule has 0 fully saturated rings. The zero-order chi connectivity index (χ0) is 11.8. The summed E-state index contributed by atoms with van der Waals surface area (Å²) in [4.78, 5) is 3.15. The first-order valence-corrected chi connectivity index (χ1v) is 4.13. The number of pyridine rings is 1. The Kier molecular flexibility index (Phi) is 3.18. The Labute approximate surface area is 86.9 Å². The van der Waals surface area contributed by atoms with Crippen LogP contribution in [-0.2, 0) is 6.18 Å². The average molecular weight is 246 g/mol. The van der Waals surface area contributed by atoms with E-state index in [-0.39, 0.29) is 5.69 Å². The predicted octanol–water partition coefficient (Wildman–Crippen LogP) is 4.00. The van der Waals surface area contributed by atoms with Crippen LogP contribution >= 0.6 is 11.6 Å². The highest BCUT2D eigenvalue weighted by Gasteiger charge is 2.39. The van der Waals surface area contributed by atoms with Gasteiger partial charge in [-0.05, 0) is 13.0 Å². The molecule has 15 heavy (non-hydrogen) atoms. The van der Waals surface area contributed by atoms with Gasteiger partial charge in [-0.1, -0.05) is 11.6 Å². The summed E-state index contributed by atoms with van der Waals surface area (Å²) in [5, 5.41) is -0.759. The van der Waals surface area contributed by atoms with E-state index in [4.69, 9.17) is 11.6 Å². The first kappa shape index (κ1) is 12.2. The minimum atomic E-state index is -4.93. The number of aromatic nitrogens is 1. The van der Waals surface area contributed by atoms with Crippen LogP contribution in [0.2, 0.25) is 5.02 Å². The number of hydrogen-bond acceptors (Lipinski definition) is 1. The van der Waals surface area contributed by atoms with Gasteiger partial charge >= 0.3 is 6.18 Å². The molecular formula is C8H5ClF5N. The largest absolute Gasteiger partial charge is 0.419 e. The van der Waals surface area contributed by atoms with Crippen molar-refractivity contribution in [3.63, 3.8) is 0 Å². The first-order valence-electron chi connectivity index (χ1n) is 3.76. The van der Waals surface area contributed by atoms with Crippen LogP contribution in [0.4, 0.5) is 22.0 Å². The molecule has 0 atom stereocenters. The van der Waals surface area contributed by atoms with Gasteiger partial charge in [0.25, 0.3) is 6.43 Å². The van der Waals surface area contributed by atoms with Gasteiger partial charge in [-0.3, -0.25) is 4.98 Å². The Balaban J connectivity index is 3.48. The summed E-state index contributed by atoms with van der Waals surface area (Å²) in [5.41, 5.74) is -2.87. The van der Waals surface area contributed by atoms with E-state index in [0.717, 1.165) is 6.07 Å². The minimum Gasteiger partial charge on any atom is -0.251 e. The van der Waals surface area contributed by atoms with Crippen LogP contribution in [0.25, 0.3) is 0 Å². The lowest BCUT2D eigenvalue weighted by molar-refractivity contribution is -0.139. The van der Waals surface area contributed by atoms with Gasteiger partial charge in [0, 0.05) is 5.69 Å². The van der Waals surface area contributed by atoms with Crippen LogP contribution in [0.5, 0.6) is 0 Å². The quantitative estimate of drug-likeness (QED) is 0.682. The molecule has 0 aliphatic rings. The van der Waals surface area contributed by atoms with Crippen LogP contribution < -0.4 is 0 Å². The molecule has 0 bridgehead atoms. The van der Waals surface area contributed by atoms with Gasteiger partial charge < -0.3 is 0 Å². The zero-order valence-electron chi connectivity index (χ0n) is 7.37. The molecule has 0 aromatic carbocycles. The lowest BCUT2D eigenvalue weighted by atomic mass is 10.1. The standard InChI is InChI=1S/C8H5ClF5N/c1-3-2-4(9)5(8(12,13)14)6(15-3)7(10)11/h2,7H,1H3. The number of aryl methyl sites for hydroxylation is 1. The molecule has 0 saturated heterocycles. The molecule has 1 heterocycles. The summed E-state index contributed by atoms with van der Waals surface area (Å²) in [7, 11) is 0. The Bertz CT molecular complexity index is 374. The molecule has 7 heteroatoms. The van der Waals surface area contributed by atoms with Crippen molar-refractivity contribution in [3.05, 3.63) is 28.0 Å². The fourth-order valence-electron chi connectivity index (χ4n) is 1.09. The number of rotatable bonds is 1. The van der Waals surface area contributed by atoms with E-state index in [0.29, 0.717) is 0 Å². The molecule has 0 amide bonds. The molecule has 1 rings (SSSR count). The van der Waals surface area contributed by atoms with Crippen molar-refractivity contribution in [2.75, 3.05) is 0 Å². The van der Waals surface area contributed by atoms with E-state index >= 15 is 0 Å². The highest BCUT2D eigenvalue weighted by Crippen LogP contribution is 2.39. The van der Waals surface area contributed by atoms with E-state index < -0.39 is 28.9 Å². The molecule has 0 aliphatic carbocycles. The summed E-state index contributed by atoms with van der Waals surface area (Å²) in [6.07, 6.45) is -8.23. The average Bonchev–Trinajstić information content (AvgIpc) is 1.99. The van der Waals surface area contributed by atoms with E-state index in [2.05, 4.69) is 4.98 Å². The van der Waals surface area contributed by atoms with Crippen LogP contribution in [-0.4, -0.2) is 4.98 Å². The molecule has 1 aromatic rings. The van der Waals surface area contributed by atoms with Crippen molar-refractivity contribution in [2.45, 2.75) is 19.5 Å². The maximum atomic E-state index is 12.3. The summed E-state index contributed by atoms with van der Waals surface area (Å²) >= 11 is 5.27. The molecule has 0 unspecified atom stereocenters. The smallest absolute Gasteiger partial charge is 0.251 e. The lowest BCUT2D eigenvalue weighted by Gasteiger charge is -2.13. The maximum absolute atomic E-state index is 12.3. The Morgan fingerprint density at radius 1 is 1.33 bits per heavy atom. The number of halogens is 6. The maximum Gasteiger partial charge on any atom is 0.419 e. The van der Waals surface area contributed by atoms with Gasteiger partial charge in [-0.25, -0.2) is 8.78 Å². The Morgan fingerprint density at radius 3 is 2.27 bits per heavy atom. The monoisotopic (exact) mass is 245 g/mol. The van der Waals surface area contributed by atoms with Crippen molar-refractivity contribution in [3.8, 4) is 0 Å². The first-order chi connectivity index (χ1) is 6.73. The van der Waals surface area contributed by atoms with Crippen molar-refractivity contribution in [1.29, 1.82) is 0 Å². The third kappa shape index (κ3) is 2.56. The molecule has 1 nitrogen and oxygen atoms in total. The fourth-order valence-corrected chi connectivity index (χ4v) is 1.46. The third-order valence-electron chi connectivity index (χ3n) is 1.62. The number of alkyl halides is 5. The van der Waals surface area contributed by atoms with E-state index in [9.17, 15) is 22.0 Å². The second-order valence-electron chi connectivity index (χ2n) is 2.80. The van der Waals surface area contributed by atoms with Crippen molar-refractivity contribution < 1.29 is 22.0 Å². The fraction of sp³-hybridized carbons (Fsp3) is 0.375. The normalized spacial score (nSPS) is 12.3. The molecule has 84 valence electrons. The minimum absolute atomic E-state index is 0.0169. The molecule has 0 spiro atoms. The van der Waals surface area contributed by atoms with Gasteiger partial charge in [-0.2, -0.15) is 13.2 Å². The molecular weight excluding hydrogens is 241 g/mol. The molecule has 0 saturated carbocycles. The summed E-state index contributed by atoms with van der Waals surface area (Å²) in [6.45, 7) is 1.29. The second-order valence-corrected chi connectivity index (χ2v) is 3.21. The van der Waals surface area contributed by atoms with Crippen molar-refractivity contribution in [2.24, 2.45) is 0 Å². The van der Waals surface area contributed by atoms with Gasteiger partial charge in [0.1, 0.15) is 11.3 Å². The van der Waals surface area contributed by atoms with Crippen LogP contribution in [0.3, 0.4) is 0 Å². The zero-order valence-corrected chi connectivity index (χ0v) is 8.13. The molecule has 0 N–H and O–H groups in total. The molecule has 0 radical (unpaired) electrons. The van der Waals surface area contributed by atoms with E-state index in [1.807, 2.05) is 0 Å². The summed E-state index contributed by atoms with van der Waals surface area (Å²) in [5.74, 6) is 0. The van der Waals surface area contributed by atoms with E-state index in [1.54, 1.807) is 0 Å². The number of hydrogen-bond donors (Lipinski definition) is 0. The number of nitrogens with zero attached hydrogens (tertiary/aromatic N) is 1. The van der Waals surface area contributed by atoms with Crippen LogP contribution in [0.15, 0.2) is 6.07 Å². The van der Waals surface area contributed by atoms with Crippen molar-refractivity contribution >= 4 is 11.6 Å². The highest BCUT2D eigenvalue weighted by molar-refractivity contribution is 6.31. The summed E-state index contributed by atoms with van der Waals surface area (Å²) in [6, 6.07) is 0.899. The SMILES string of the molecule is Cc1cc(Cl)c(C(F)(F)F)c(C(F)F)n1. The Hall–Kier alpha value is -0.910. The predicted molar refractivity (Wildman–Crippen MR) is 43.9 cm³/mol. The molecule has 0 aliphatic heterocycles. The second kappa shape index (κ2) is 3.92. The van der Waals surface area contributed by atoms with E-state index in [1.165, 1.54) is 6.92 Å². The Morgan fingerprint density at radius 2 is 1.87 bits per heavy atom. The van der Waals surface area contributed by atoms with Gasteiger partial charge in [0.05, 0.1) is 5.02 Å². The van der Waals surface area contributed by atoms with Crippen LogP contribution in [0.1, 0.15) is 23.4 Å². The topological polar surface area (TPSA) is 12.9 Å². The van der Waals surface area contributed by atoms with Gasteiger partial charge in [0.15, 0.2) is 0 Å². The third-order valence-corrected chi connectivity index (χ3v) is 1.92. The van der Waals surface area contributed by atoms with Gasteiger partial charge in [-0.15, -0.1) is 0 Å². The lowest BCUT2D eigenvalue weighted by Crippen LogP contribution is -2.13. The highest BCUT2D eigenvalue weighted by atomic mass is 35.5. The van der Waals surface area contributed by atoms with Crippen molar-refractivity contribution in [1.82, 2.24) is 4.98 Å². The van der Waals surface area contributed by atoms with Gasteiger partial charge in [0.2, 0.25) is 0 Å².